The number of carbonyl (C=O) groups excluding carboxylic acids is 1. The summed E-state index contributed by atoms with van der Waals surface area (Å²) in [6.45, 7) is 0. The molecule has 2 nitrogen and oxygen atoms in total. The van der Waals surface area contributed by atoms with Crippen molar-refractivity contribution in [2.45, 2.75) is 12.8 Å². The third-order valence-electron chi connectivity index (χ3n) is 2.79. The zero-order chi connectivity index (χ0) is 12.3. The highest BCUT2D eigenvalue weighted by Crippen LogP contribution is 2.27. The molecule has 0 aliphatic heterocycles. The summed E-state index contributed by atoms with van der Waals surface area (Å²) in [4.78, 5) is 11.1. The minimum Gasteiger partial charge on any atom is -0.469 e. The lowest BCUT2D eigenvalue weighted by Crippen LogP contribution is -2.02. The Bertz CT molecular complexity index is 549. The zero-order valence-electron chi connectivity index (χ0n) is 9.57. The Morgan fingerprint density at radius 2 is 1.88 bits per heavy atom. The summed E-state index contributed by atoms with van der Waals surface area (Å²) in [7, 11) is 1.41. The smallest absolute Gasteiger partial charge is 0.305 e. The van der Waals surface area contributed by atoms with Gasteiger partial charge in [0, 0.05) is 16.8 Å². The largest absolute Gasteiger partial charge is 0.469 e. The van der Waals surface area contributed by atoms with Gasteiger partial charge in [0.15, 0.2) is 0 Å². The summed E-state index contributed by atoms with van der Waals surface area (Å²) in [5.41, 5.74) is 1.12. The van der Waals surface area contributed by atoms with Crippen LogP contribution in [0.4, 0.5) is 0 Å². The van der Waals surface area contributed by atoms with Gasteiger partial charge in [0.2, 0.25) is 0 Å². The molecule has 2 aromatic rings. The average Bonchev–Trinajstić information content (AvgIpc) is 2.38. The van der Waals surface area contributed by atoms with E-state index in [1.807, 2.05) is 36.4 Å². The SMILES string of the molecule is COC(=O)CCc1ccc(Cl)c2ccccc12. The molecule has 0 N–H and O–H groups in total. The van der Waals surface area contributed by atoms with Crippen LogP contribution in [0.5, 0.6) is 0 Å². The molecule has 0 bridgehead atoms. The number of ether oxygens (including phenoxy) is 1. The van der Waals surface area contributed by atoms with Gasteiger partial charge in [-0.1, -0.05) is 41.9 Å². The van der Waals surface area contributed by atoms with Crippen molar-refractivity contribution in [3.8, 4) is 0 Å². The van der Waals surface area contributed by atoms with Crippen molar-refractivity contribution < 1.29 is 9.53 Å². The summed E-state index contributed by atoms with van der Waals surface area (Å²) >= 11 is 6.13. The van der Waals surface area contributed by atoms with Gasteiger partial charge in [0.1, 0.15) is 0 Å². The Morgan fingerprint density at radius 3 is 2.59 bits per heavy atom. The summed E-state index contributed by atoms with van der Waals surface area (Å²) in [6, 6.07) is 11.8. The number of benzene rings is 2. The fourth-order valence-electron chi connectivity index (χ4n) is 1.88. The topological polar surface area (TPSA) is 26.3 Å². The first-order chi connectivity index (χ1) is 8.22. The molecule has 2 aromatic carbocycles. The van der Waals surface area contributed by atoms with Gasteiger partial charge in [-0.15, -0.1) is 0 Å². The molecule has 0 saturated heterocycles. The number of carbonyl (C=O) groups is 1. The molecule has 88 valence electrons. The summed E-state index contributed by atoms with van der Waals surface area (Å²) in [5, 5.41) is 2.86. The second kappa shape index (κ2) is 5.19. The van der Waals surface area contributed by atoms with Gasteiger partial charge in [-0.05, 0) is 23.4 Å². The van der Waals surface area contributed by atoms with Crippen molar-refractivity contribution >= 4 is 28.3 Å². The van der Waals surface area contributed by atoms with Crippen LogP contribution in [0.3, 0.4) is 0 Å². The Morgan fingerprint density at radius 1 is 1.18 bits per heavy atom. The average molecular weight is 249 g/mol. The first-order valence-corrected chi connectivity index (χ1v) is 5.83. The fraction of sp³-hybridized carbons (Fsp3) is 0.214. The second-order valence-corrected chi connectivity index (χ2v) is 4.24. The second-order valence-electron chi connectivity index (χ2n) is 3.83. The van der Waals surface area contributed by atoms with Crippen molar-refractivity contribution in [1.82, 2.24) is 0 Å². The van der Waals surface area contributed by atoms with E-state index in [1.54, 1.807) is 0 Å². The lowest BCUT2D eigenvalue weighted by atomic mass is 10.0. The van der Waals surface area contributed by atoms with Crippen molar-refractivity contribution in [2.75, 3.05) is 7.11 Å². The highest BCUT2D eigenvalue weighted by Gasteiger charge is 2.06. The molecule has 0 aromatic heterocycles. The minimum absolute atomic E-state index is 0.191. The van der Waals surface area contributed by atoms with E-state index in [9.17, 15) is 4.79 Å². The van der Waals surface area contributed by atoms with E-state index in [0.29, 0.717) is 12.8 Å². The molecule has 2 rings (SSSR count). The fourth-order valence-corrected chi connectivity index (χ4v) is 2.11. The number of methoxy groups -OCH3 is 1. The van der Waals surface area contributed by atoms with Crippen LogP contribution < -0.4 is 0 Å². The van der Waals surface area contributed by atoms with E-state index in [0.717, 1.165) is 21.4 Å². The Balaban J connectivity index is 2.35. The minimum atomic E-state index is -0.191. The third-order valence-corrected chi connectivity index (χ3v) is 3.12. The van der Waals surface area contributed by atoms with E-state index >= 15 is 0 Å². The molecule has 0 radical (unpaired) electrons. The van der Waals surface area contributed by atoms with E-state index in [4.69, 9.17) is 11.6 Å². The van der Waals surface area contributed by atoms with Crippen molar-refractivity contribution in [1.29, 1.82) is 0 Å². The molecule has 0 aliphatic rings. The highest BCUT2D eigenvalue weighted by atomic mass is 35.5. The standard InChI is InChI=1S/C14H13ClO2/c1-17-14(16)9-7-10-6-8-13(15)12-5-3-2-4-11(10)12/h2-6,8H,7,9H2,1H3. The van der Waals surface area contributed by atoms with Gasteiger partial charge >= 0.3 is 5.97 Å². The normalized spacial score (nSPS) is 10.5. The lowest BCUT2D eigenvalue weighted by molar-refractivity contribution is -0.140. The lowest BCUT2D eigenvalue weighted by Gasteiger charge is -2.07. The zero-order valence-corrected chi connectivity index (χ0v) is 10.3. The Labute approximate surface area is 105 Å². The van der Waals surface area contributed by atoms with E-state index in [2.05, 4.69) is 4.74 Å². The summed E-state index contributed by atoms with van der Waals surface area (Å²) in [6.07, 6.45) is 1.06. The number of aryl methyl sites for hydroxylation is 1. The molecule has 17 heavy (non-hydrogen) atoms. The predicted octanol–water partition coefficient (Wildman–Crippen LogP) is 3.60. The molecule has 3 heteroatoms. The van der Waals surface area contributed by atoms with Gasteiger partial charge in [0.05, 0.1) is 7.11 Å². The van der Waals surface area contributed by atoms with E-state index < -0.39 is 0 Å². The summed E-state index contributed by atoms with van der Waals surface area (Å²) < 4.78 is 4.64. The first-order valence-electron chi connectivity index (χ1n) is 5.45. The van der Waals surface area contributed by atoms with Crippen LogP contribution in [0.2, 0.25) is 5.02 Å². The molecular formula is C14H13ClO2. The molecule has 0 heterocycles. The van der Waals surface area contributed by atoms with E-state index in [-0.39, 0.29) is 5.97 Å². The highest BCUT2D eigenvalue weighted by molar-refractivity contribution is 6.35. The molecular weight excluding hydrogens is 236 g/mol. The molecule has 0 amide bonds. The van der Waals surface area contributed by atoms with Crippen molar-refractivity contribution in [3.05, 3.63) is 47.0 Å². The first kappa shape index (κ1) is 11.9. The van der Waals surface area contributed by atoms with Crippen molar-refractivity contribution in [2.24, 2.45) is 0 Å². The van der Waals surface area contributed by atoms with Gasteiger partial charge in [-0.3, -0.25) is 4.79 Å². The maximum absolute atomic E-state index is 11.1. The quantitative estimate of drug-likeness (QED) is 0.776. The predicted molar refractivity (Wildman–Crippen MR) is 69.3 cm³/mol. The van der Waals surface area contributed by atoms with Crippen LogP contribution in [0, 0.1) is 0 Å². The molecule has 0 spiro atoms. The number of hydrogen-bond acceptors (Lipinski definition) is 2. The maximum Gasteiger partial charge on any atom is 0.305 e. The van der Waals surface area contributed by atoms with E-state index in [1.165, 1.54) is 7.11 Å². The Hall–Kier alpha value is -1.54. The molecule has 0 saturated carbocycles. The maximum atomic E-state index is 11.1. The molecule has 0 unspecified atom stereocenters. The molecule has 0 aliphatic carbocycles. The van der Waals surface area contributed by atoms with Crippen LogP contribution in [0.25, 0.3) is 10.8 Å². The van der Waals surface area contributed by atoms with Gasteiger partial charge < -0.3 is 4.74 Å². The van der Waals surface area contributed by atoms with Crippen LogP contribution in [0.1, 0.15) is 12.0 Å². The van der Waals surface area contributed by atoms with Gasteiger partial charge in [-0.25, -0.2) is 0 Å². The van der Waals surface area contributed by atoms with Gasteiger partial charge in [-0.2, -0.15) is 0 Å². The molecule has 0 atom stereocenters. The number of halogens is 1. The van der Waals surface area contributed by atoms with Crippen molar-refractivity contribution in [3.63, 3.8) is 0 Å². The van der Waals surface area contributed by atoms with Crippen LogP contribution in [0.15, 0.2) is 36.4 Å². The monoisotopic (exact) mass is 248 g/mol. The third kappa shape index (κ3) is 2.59. The number of rotatable bonds is 3. The van der Waals surface area contributed by atoms with Crippen LogP contribution in [-0.4, -0.2) is 13.1 Å². The number of hydrogen-bond donors (Lipinski definition) is 0. The van der Waals surface area contributed by atoms with Crippen LogP contribution in [-0.2, 0) is 16.0 Å². The Kier molecular flexibility index (Phi) is 3.64. The number of esters is 1. The molecule has 0 fully saturated rings. The summed E-state index contributed by atoms with van der Waals surface area (Å²) in [5.74, 6) is -0.191. The van der Waals surface area contributed by atoms with Crippen LogP contribution >= 0.6 is 11.6 Å². The number of fused-ring (bicyclic) bond motifs is 1. The van der Waals surface area contributed by atoms with Gasteiger partial charge in [0.25, 0.3) is 0 Å².